The number of carbonyl (C=O) groups is 1. The van der Waals surface area contributed by atoms with Crippen LogP contribution in [0.5, 0.6) is 5.75 Å². The summed E-state index contributed by atoms with van der Waals surface area (Å²) in [6.07, 6.45) is -0.773. The fraction of sp³-hybridized carbons (Fsp3) is 0.235. The van der Waals surface area contributed by atoms with Crippen LogP contribution in [0.3, 0.4) is 0 Å². The van der Waals surface area contributed by atoms with Gasteiger partial charge in [-0.2, -0.15) is 0 Å². The monoisotopic (exact) mass is 334 g/mol. The first-order chi connectivity index (χ1) is 11.0. The van der Waals surface area contributed by atoms with Crippen LogP contribution in [0.4, 0.5) is 5.69 Å². The van der Waals surface area contributed by atoms with Crippen molar-refractivity contribution in [1.29, 1.82) is 0 Å². The van der Waals surface area contributed by atoms with Gasteiger partial charge in [-0.15, -0.1) is 0 Å². The van der Waals surface area contributed by atoms with Crippen molar-refractivity contribution in [3.63, 3.8) is 0 Å². The first kappa shape index (κ1) is 17.1. The van der Waals surface area contributed by atoms with Gasteiger partial charge in [0.05, 0.1) is 6.54 Å². The molecule has 5 nitrogen and oxygen atoms in total. The lowest BCUT2D eigenvalue weighted by atomic mass is 10.2. The van der Waals surface area contributed by atoms with Gasteiger partial charge in [-0.3, -0.25) is 4.79 Å². The van der Waals surface area contributed by atoms with Crippen LogP contribution in [0.2, 0.25) is 5.02 Å². The van der Waals surface area contributed by atoms with E-state index in [0.717, 1.165) is 5.69 Å². The summed E-state index contributed by atoms with van der Waals surface area (Å²) in [5.41, 5.74) is 6.10. The number of para-hydroxylation sites is 1. The van der Waals surface area contributed by atoms with E-state index < -0.39 is 12.0 Å². The third kappa shape index (κ3) is 5.81. The van der Waals surface area contributed by atoms with Crippen molar-refractivity contribution in [2.24, 2.45) is 5.73 Å². The predicted molar refractivity (Wildman–Crippen MR) is 90.8 cm³/mol. The van der Waals surface area contributed by atoms with E-state index in [1.165, 1.54) is 0 Å². The standard InChI is InChI=1S/C17H19ClN2O3/c18-13-6-8-16(9-7-13)23-12-15(21)10-20(11-17(19)22)14-4-2-1-3-5-14/h1-9,15,21H,10-12H2,(H2,19,22). The second kappa shape index (κ2) is 8.41. The van der Waals surface area contributed by atoms with Gasteiger partial charge in [-0.05, 0) is 36.4 Å². The molecule has 0 aliphatic heterocycles. The third-order valence-corrected chi connectivity index (χ3v) is 3.41. The molecule has 0 bridgehead atoms. The van der Waals surface area contributed by atoms with Crippen molar-refractivity contribution in [1.82, 2.24) is 0 Å². The van der Waals surface area contributed by atoms with E-state index >= 15 is 0 Å². The molecule has 0 fully saturated rings. The number of halogens is 1. The van der Waals surface area contributed by atoms with Gasteiger partial charge < -0.3 is 20.5 Å². The molecule has 0 saturated carbocycles. The number of anilines is 1. The summed E-state index contributed by atoms with van der Waals surface area (Å²) in [5.74, 6) is 0.161. The van der Waals surface area contributed by atoms with Crippen molar-refractivity contribution < 1.29 is 14.6 Å². The molecule has 1 unspecified atom stereocenters. The van der Waals surface area contributed by atoms with Crippen LogP contribution >= 0.6 is 11.6 Å². The molecule has 2 aromatic rings. The SMILES string of the molecule is NC(=O)CN(CC(O)COc1ccc(Cl)cc1)c1ccccc1. The largest absolute Gasteiger partial charge is 0.491 e. The van der Waals surface area contributed by atoms with Gasteiger partial charge in [0.25, 0.3) is 0 Å². The molecular formula is C17H19ClN2O3. The highest BCUT2D eigenvalue weighted by Crippen LogP contribution is 2.16. The Kier molecular flexibility index (Phi) is 6.26. The molecule has 0 spiro atoms. The lowest BCUT2D eigenvalue weighted by Gasteiger charge is -2.26. The van der Waals surface area contributed by atoms with Crippen molar-refractivity contribution >= 4 is 23.2 Å². The quantitative estimate of drug-likeness (QED) is 0.775. The summed E-state index contributed by atoms with van der Waals surface area (Å²) < 4.78 is 5.51. The minimum absolute atomic E-state index is 0.0298. The van der Waals surface area contributed by atoms with E-state index in [0.29, 0.717) is 10.8 Å². The summed E-state index contributed by atoms with van der Waals surface area (Å²) in [6, 6.07) is 16.2. The summed E-state index contributed by atoms with van der Waals surface area (Å²) in [5, 5.41) is 10.8. The smallest absolute Gasteiger partial charge is 0.236 e. The van der Waals surface area contributed by atoms with Gasteiger partial charge in [0.1, 0.15) is 18.5 Å². The Bertz CT molecular complexity index is 619. The molecule has 0 aliphatic carbocycles. The normalized spacial score (nSPS) is 11.7. The maximum atomic E-state index is 11.2. The fourth-order valence-corrected chi connectivity index (χ4v) is 2.24. The van der Waals surface area contributed by atoms with Crippen molar-refractivity contribution in [3.05, 3.63) is 59.6 Å². The second-order valence-electron chi connectivity index (χ2n) is 5.10. The number of amides is 1. The maximum absolute atomic E-state index is 11.2. The van der Waals surface area contributed by atoms with E-state index in [4.69, 9.17) is 22.1 Å². The minimum atomic E-state index is -0.773. The summed E-state index contributed by atoms with van der Waals surface area (Å²) in [6.45, 7) is 0.367. The number of ether oxygens (including phenoxy) is 1. The molecule has 2 aromatic carbocycles. The molecule has 3 N–H and O–H groups in total. The number of rotatable bonds is 8. The first-order valence-electron chi connectivity index (χ1n) is 7.19. The van der Waals surface area contributed by atoms with Crippen molar-refractivity contribution in [2.45, 2.75) is 6.10 Å². The number of carbonyl (C=O) groups excluding carboxylic acids is 1. The number of nitrogens with zero attached hydrogens (tertiary/aromatic N) is 1. The Morgan fingerprint density at radius 3 is 2.43 bits per heavy atom. The maximum Gasteiger partial charge on any atom is 0.236 e. The summed E-state index contributed by atoms with van der Waals surface area (Å²) in [7, 11) is 0. The molecule has 0 aliphatic rings. The Balaban J connectivity index is 1.93. The number of primary amides is 1. The molecule has 23 heavy (non-hydrogen) atoms. The molecular weight excluding hydrogens is 316 g/mol. The summed E-state index contributed by atoms with van der Waals surface area (Å²) >= 11 is 5.80. The highest BCUT2D eigenvalue weighted by Gasteiger charge is 2.15. The number of hydrogen-bond donors (Lipinski definition) is 2. The average Bonchev–Trinajstić information content (AvgIpc) is 2.54. The Morgan fingerprint density at radius 1 is 1.17 bits per heavy atom. The van der Waals surface area contributed by atoms with Crippen LogP contribution in [-0.2, 0) is 4.79 Å². The minimum Gasteiger partial charge on any atom is -0.491 e. The Labute approximate surface area is 140 Å². The van der Waals surface area contributed by atoms with E-state index in [-0.39, 0.29) is 19.7 Å². The second-order valence-corrected chi connectivity index (χ2v) is 5.54. The molecule has 0 radical (unpaired) electrons. The highest BCUT2D eigenvalue weighted by atomic mass is 35.5. The zero-order chi connectivity index (χ0) is 16.7. The molecule has 1 amide bonds. The molecule has 0 saturated heterocycles. The number of benzene rings is 2. The summed E-state index contributed by atoms with van der Waals surface area (Å²) in [4.78, 5) is 13.0. The highest BCUT2D eigenvalue weighted by molar-refractivity contribution is 6.30. The van der Waals surface area contributed by atoms with Gasteiger partial charge in [0, 0.05) is 17.3 Å². The molecule has 0 aromatic heterocycles. The molecule has 6 heteroatoms. The molecule has 2 rings (SSSR count). The third-order valence-electron chi connectivity index (χ3n) is 3.16. The molecule has 122 valence electrons. The number of nitrogens with two attached hydrogens (primary N) is 1. The van der Waals surface area contributed by atoms with Crippen LogP contribution in [0.15, 0.2) is 54.6 Å². The van der Waals surface area contributed by atoms with Gasteiger partial charge >= 0.3 is 0 Å². The predicted octanol–water partition coefficient (Wildman–Crippen LogP) is 2.07. The van der Waals surface area contributed by atoms with Crippen LogP contribution < -0.4 is 15.4 Å². The Morgan fingerprint density at radius 2 is 1.83 bits per heavy atom. The number of hydrogen-bond acceptors (Lipinski definition) is 4. The van der Waals surface area contributed by atoms with Crippen LogP contribution in [0.1, 0.15) is 0 Å². The Hall–Kier alpha value is -2.24. The zero-order valence-electron chi connectivity index (χ0n) is 12.6. The van der Waals surface area contributed by atoms with E-state index in [9.17, 15) is 9.90 Å². The zero-order valence-corrected chi connectivity index (χ0v) is 13.3. The number of aliphatic hydroxyl groups excluding tert-OH is 1. The first-order valence-corrected chi connectivity index (χ1v) is 7.57. The van der Waals surface area contributed by atoms with E-state index in [1.54, 1.807) is 29.2 Å². The van der Waals surface area contributed by atoms with Gasteiger partial charge in [-0.1, -0.05) is 29.8 Å². The topological polar surface area (TPSA) is 75.8 Å². The van der Waals surface area contributed by atoms with E-state index in [2.05, 4.69) is 0 Å². The lowest BCUT2D eigenvalue weighted by Crippen LogP contribution is -2.40. The van der Waals surface area contributed by atoms with Crippen LogP contribution in [0.25, 0.3) is 0 Å². The lowest BCUT2D eigenvalue weighted by molar-refractivity contribution is -0.116. The molecule has 1 atom stereocenters. The fourth-order valence-electron chi connectivity index (χ4n) is 2.12. The van der Waals surface area contributed by atoms with Gasteiger partial charge in [0.2, 0.25) is 5.91 Å². The van der Waals surface area contributed by atoms with Crippen LogP contribution in [0, 0.1) is 0 Å². The van der Waals surface area contributed by atoms with Gasteiger partial charge in [-0.25, -0.2) is 0 Å². The molecule has 0 heterocycles. The van der Waals surface area contributed by atoms with Crippen molar-refractivity contribution in [2.75, 3.05) is 24.6 Å². The van der Waals surface area contributed by atoms with Crippen molar-refractivity contribution in [3.8, 4) is 5.75 Å². The van der Waals surface area contributed by atoms with Gasteiger partial charge in [0.15, 0.2) is 0 Å². The number of aliphatic hydroxyl groups is 1. The van der Waals surface area contributed by atoms with E-state index in [1.807, 2.05) is 30.3 Å². The van der Waals surface area contributed by atoms with Crippen LogP contribution in [-0.4, -0.2) is 36.8 Å². The average molecular weight is 335 g/mol.